The van der Waals surface area contributed by atoms with Crippen molar-refractivity contribution in [1.29, 1.82) is 0 Å². The van der Waals surface area contributed by atoms with Gasteiger partial charge in [0.15, 0.2) is 5.82 Å². The predicted molar refractivity (Wildman–Crippen MR) is 213 cm³/mol. The number of fused-ring (bicyclic) bond motifs is 6. The van der Waals surface area contributed by atoms with Crippen LogP contribution in [0.2, 0.25) is 0 Å². The van der Waals surface area contributed by atoms with E-state index in [2.05, 4.69) is 187 Å². The van der Waals surface area contributed by atoms with Crippen LogP contribution in [-0.2, 0) is 0 Å². The number of nitrogens with zero attached hydrogens (tertiary/aromatic N) is 3. The highest BCUT2D eigenvalue weighted by Gasteiger charge is 2.21. The van der Waals surface area contributed by atoms with Crippen LogP contribution >= 0.6 is 0 Å². The number of benzene rings is 8. The Balaban J connectivity index is 1.15. The first-order chi connectivity index (χ1) is 25.3. The lowest BCUT2D eigenvalue weighted by molar-refractivity contribution is 1.15. The summed E-state index contributed by atoms with van der Waals surface area (Å²) in [4.78, 5) is 10.7. The molecule has 0 unspecified atom stereocenters. The van der Waals surface area contributed by atoms with E-state index in [0.717, 1.165) is 55.6 Å². The Hall–Kier alpha value is -6.84. The SMILES string of the molecule is c1ccc(-c2nc(-c3cccc(-c4cccc(-c5cc6ccccc6c6ccccc56)c4)c3)nc3c4ccccc4n(-c4ccccc4)c23)cc1. The average Bonchev–Trinajstić information content (AvgIpc) is 3.55. The number of para-hydroxylation sites is 2. The van der Waals surface area contributed by atoms with Crippen LogP contribution in [0, 0.1) is 0 Å². The van der Waals surface area contributed by atoms with E-state index in [1.807, 2.05) is 6.07 Å². The zero-order valence-corrected chi connectivity index (χ0v) is 27.7. The Morgan fingerprint density at radius 2 is 0.941 bits per heavy atom. The van der Waals surface area contributed by atoms with Gasteiger partial charge in [-0.1, -0.05) is 152 Å². The van der Waals surface area contributed by atoms with Gasteiger partial charge in [-0.25, -0.2) is 9.97 Å². The summed E-state index contributed by atoms with van der Waals surface area (Å²) in [7, 11) is 0. The number of aromatic nitrogens is 3. The second-order valence-corrected chi connectivity index (χ2v) is 13.0. The summed E-state index contributed by atoms with van der Waals surface area (Å²) in [6.45, 7) is 0. The molecule has 0 amide bonds. The molecule has 10 rings (SSSR count). The van der Waals surface area contributed by atoms with Gasteiger partial charge in [-0.05, 0) is 80.2 Å². The van der Waals surface area contributed by atoms with Crippen LogP contribution in [0.25, 0.3) is 94.1 Å². The normalized spacial score (nSPS) is 11.5. The zero-order chi connectivity index (χ0) is 33.7. The first-order valence-corrected chi connectivity index (χ1v) is 17.3. The molecule has 0 aliphatic heterocycles. The van der Waals surface area contributed by atoms with Crippen molar-refractivity contribution in [2.75, 3.05) is 0 Å². The third-order valence-corrected chi connectivity index (χ3v) is 9.97. The Morgan fingerprint density at radius 1 is 0.373 bits per heavy atom. The minimum atomic E-state index is 0.704. The van der Waals surface area contributed by atoms with Crippen LogP contribution in [0.3, 0.4) is 0 Å². The molecule has 0 saturated heterocycles. The summed E-state index contributed by atoms with van der Waals surface area (Å²) in [5.74, 6) is 0.704. The van der Waals surface area contributed by atoms with Gasteiger partial charge in [0.1, 0.15) is 5.52 Å². The van der Waals surface area contributed by atoms with Crippen LogP contribution in [0.5, 0.6) is 0 Å². The molecule has 10 aromatic rings. The molecule has 0 aliphatic rings. The standard InChI is InChI=1S/C48H31N3/c1-3-15-32(16-4-1)45-47-46(42-27-11-12-28-44(42)51(47)38-22-5-2-6-23-38)50-48(49-45)37-21-14-19-34(30-37)33-18-13-20-35(29-33)43-31-36-17-7-8-24-39(36)40-25-9-10-26-41(40)43/h1-31H. The lowest BCUT2D eigenvalue weighted by atomic mass is 9.91. The monoisotopic (exact) mass is 649 g/mol. The molecular formula is C48H31N3. The van der Waals surface area contributed by atoms with Crippen molar-refractivity contribution in [3.05, 3.63) is 188 Å². The molecular weight excluding hydrogens is 619 g/mol. The molecule has 238 valence electrons. The average molecular weight is 650 g/mol. The molecule has 2 aromatic heterocycles. The zero-order valence-electron chi connectivity index (χ0n) is 27.7. The van der Waals surface area contributed by atoms with Gasteiger partial charge in [0.2, 0.25) is 0 Å². The highest BCUT2D eigenvalue weighted by molar-refractivity contribution is 6.14. The van der Waals surface area contributed by atoms with Gasteiger partial charge in [-0.15, -0.1) is 0 Å². The third-order valence-electron chi connectivity index (χ3n) is 9.97. The van der Waals surface area contributed by atoms with Crippen molar-refractivity contribution in [1.82, 2.24) is 14.5 Å². The van der Waals surface area contributed by atoms with Gasteiger partial charge in [0, 0.05) is 22.2 Å². The smallest absolute Gasteiger partial charge is 0.160 e. The van der Waals surface area contributed by atoms with Gasteiger partial charge in [-0.2, -0.15) is 0 Å². The summed E-state index contributed by atoms with van der Waals surface area (Å²) in [6.07, 6.45) is 0. The maximum Gasteiger partial charge on any atom is 0.160 e. The van der Waals surface area contributed by atoms with Gasteiger partial charge in [0.05, 0.1) is 16.7 Å². The molecule has 0 spiro atoms. The fourth-order valence-corrected chi connectivity index (χ4v) is 7.61. The fraction of sp³-hybridized carbons (Fsp3) is 0. The van der Waals surface area contributed by atoms with Crippen LogP contribution in [0.1, 0.15) is 0 Å². The van der Waals surface area contributed by atoms with Crippen molar-refractivity contribution in [3.63, 3.8) is 0 Å². The molecule has 3 heteroatoms. The van der Waals surface area contributed by atoms with Crippen molar-refractivity contribution < 1.29 is 0 Å². The lowest BCUT2D eigenvalue weighted by Crippen LogP contribution is -1.99. The van der Waals surface area contributed by atoms with Gasteiger partial charge in [0.25, 0.3) is 0 Å². The largest absolute Gasteiger partial charge is 0.306 e. The molecule has 8 aromatic carbocycles. The van der Waals surface area contributed by atoms with Crippen LogP contribution < -0.4 is 0 Å². The van der Waals surface area contributed by atoms with Crippen molar-refractivity contribution >= 4 is 43.5 Å². The molecule has 0 aliphatic carbocycles. The molecule has 51 heavy (non-hydrogen) atoms. The van der Waals surface area contributed by atoms with E-state index >= 15 is 0 Å². The molecule has 0 bridgehead atoms. The summed E-state index contributed by atoms with van der Waals surface area (Å²) in [6, 6.07) is 66.7. The lowest BCUT2D eigenvalue weighted by Gasteiger charge is -2.13. The molecule has 0 saturated carbocycles. The maximum absolute atomic E-state index is 5.35. The van der Waals surface area contributed by atoms with Gasteiger partial charge >= 0.3 is 0 Å². The van der Waals surface area contributed by atoms with E-state index in [1.165, 1.54) is 32.7 Å². The Labute approximate surface area is 295 Å². The van der Waals surface area contributed by atoms with Crippen molar-refractivity contribution in [2.45, 2.75) is 0 Å². The summed E-state index contributed by atoms with van der Waals surface area (Å²) in [5.41, 5.74) is 11.8. The molecule has 3 nitrogen and oxygen atoms in total. The fourth-order valence-electron chi connectivity index (χ4n) is 7.61. The molecule has 0 fully saturated rings. The highest BCUT2D eigenvalue weighted by atomic mass is 15.0. The number of hydrogen-bond acceptors (Lipinski definition) is 2. The second kappa shape index (κ2) is 11.9. The molecule has 0 N–H and O–H groups in total. The van der Waals surface area contributed by atoms with E-state index in [-0.39, 0.29) is 0 Å². The first-order valence-electron chi connectivity index (χ1n) is 17.3. The third kappa shape index (κ3) is 4.90. The van der Waals surface area contributed by atoms with Crippen LogP contribution in [-0.4, -0.2) is 14.5 Å². The second-order valence-electron chi connectivity index (χ2n) is 13.0. The summed E-state index contributed by atoms with van der Waals surface area (Å²) >= 11 is 0. The topological polar surface area (TPSA) is 30.7 Å². The van der Waals surface area contributed by atoms with E-state index in [0.29, 0.717) is 5.82 Å². The molecule has 2 heterocycles. The van der Waals surface area contributed by atoms with Crippen molar-refractivity contribution in [2.24, 2.45) is 0 Å². The van der Waals surface area contributed by atoms with Crippen molar-refractivity contribution in [3.8, 4) is 50.6 Å². The summed E-state index contributed by atoms with van der Waals surface area (Å²) in [5, 5.41) is 6.15. The van der Waals surface area contributed by atoms with E-state index in [4.69, 9.17) is 9.97 Å². The quantitative estimate of drug-likeness (QED) is 0.174. The number of hydrogen-bond donors (Lipinski definition) is 0. The molecule has 0 radical (unpaired) electrons. The first kappa shape index (κ1) is 29.1. The Kier molecular flexibility index (Phi) is 6.81. The Bertz CT molecular complexity index is 2910. The molecule has 0 atom stereocenters. The van der Waals surface area contributed by atoms with E-state index < -0.39 is 0 Å². The van der Waals surface area contributed by atoms with Crippen LogP contribution in [0.4, 0.5) is 0 Å². The minimum absolute atomic E-state index is 0.704. The Morgan fingerprint density at radius 3 is 1.73 bits per heavy atom. The van der Waals surface area contributed by atoms with E-state index in [1.54, 1.807) is 0 Å². The van der Waals surface area contributed by atoms with Gasteiger partial charge < -0.3 is 4.57 Å². The minimum Gasteiger partial charge on any atom is -0.306 e. The predicted octanol–water partition coefficient (Wildman–Crippen LogP) is 12.5. The van der Waals surface area contributed by atoms with E-state index in [9.17, 15) is 0 Å². The van der Waals surface area contributed by atoms with Crippen LogP contribution in [0.15, 0.2) is 188 Å². The number of rotatable bonds is 5. The highest BCUT2D eigenvalue weighted by Crippen LogP contribution is 2.39. The summed E-state index contributed by atoms with van der Waals surface area (Å²) < 4.78 is 2.30. The van der Waals surface area contributed by atoms with Gasteiger partial charge in [-0.3, -0.25) is 0 Å². The maximum atomic E-state index is 5.35.